The second-order valence-corrected chi connectivity index (χ2v) is 6.20. The molecule has 2 aromatic rings. The number of methoxy groups -OCH3 is 1. The fourth-order valence-electron chi connectivity index (χ4n) is 2.10. The molecule has 0 aliphatic rings. The van der Waals surface area contributed by atoms with Gasteiger partial charge in [0, 0.05) is 0 Å². The Morgan fingerprint density at radius 3 is 2.40 bits per heavy atom. The summed E-state index contributed by atoms with van der Waals surface area (Å²) < 4.78 is 37.5. The average Bonchev–Trinajstić information content (AvgIpc) is 2.88. The van der Waals surface area contributed by atoms with E-state index in [4.69, 9.17) is 9.15 Å². The van der Waals surface area contributed by atoms with E-state index in [1.54, 1.807) is 45.2 Å². The lowest BCUT2D eigenvalue weighted by atomic mass is 10.1. The lowest BCUT2D eigenvalue weighted by molar-refractivity contribution is 0.413. The van der Waals surface area contributed by atoms with Crippen molar-refractivity contribution in [2.45, 2.75) is 25.3 Å². The smallest absolute Gasteiger partial charge is 0.241 e. The van der Waals surface area contributed by atoms with E-state index < -0.39 is 10.0 Å². The first-order chi connectivity index (χ1) is 9.44. The van der Waals surface area contributed by atoms with Gasteiger partial charge in [0.2, 0.25) is 10.0 Å². The fraction of sp³-hybridized carbons (Fsp3) is 0.286. The Bertz CT molecular complexity index is 667. The third-order valence-corrected chi connectivity index (χ3v) is 4.66. The van der Waals surface area contributed by atoms with Crippen molar-refractivity contribution in [3.8, 4) is 5.75 Å². The van der Waals surface area contributed by atoms with Crippen LogP contribution in [0.1, 0.15) is 16.9 Å². The van der Waals surface area contributed by atoms with Crippen molar-refractivity contribution in [1.29, 1.82) is 0 Å². The van der Waals surface area contributed by atoms with Crippen molar-refractivity contribution >= 4 is 10.0 Å². The second kappa shape index (κ2) is 5.68. The van der Waals surface area contributed by atoms with E-state index in [1.165, 1.54) is 6.26 Å². The van der Waals surface area contributed by atoms with Crippen molar-refractivity contribution in [1.82, 2.24) is 4.72 Å². The molecule has 5 nitrogen and oxygen atoms in total. The Morgan fingerprint density at radius 2 is 1.90 bits per heavy atom. The molecule has 1 aromatic carbocycles. The molecule has 0 unspecified atom stereocenters. The number of ether oxygens (including phenoxy) is 1. The highest BCUT2D eigenvalue weighted by Crippen LogP contribution is 2.25. The standard InChI is InChI=1S/C14H17NO4S/c1-10-7-13(18-3)8-11(2)14(10)20(16,17)15-9-12-5-4-6-19-12/h4-8,15H,9H2,1-3H3. The first kappa shape index (κ1) is 14.6. The number of hydrogen-bond donors (Lipinski definition) is 1. The molecule has 0 amide bonds. The molecule has 6 heteroatoms. The maximum absolute atomic E-state index is 12.4. The van der Waals surface area contributed by atoms with Gasteiger partial charge in [-0.3, -0.25) is 0 Å². The largest absolute Gasteiger partial charge is 0.497 e. The maximum atomic E-state index is 12.4. The van der Waals surface area contributed by atoms with E-state index in [9.17, 15) is 8.42 Å². The zero-order valence-electron chi connectivity index (χ0n) is 11.6. The van der Waals surface area contributed by atoms with E-state index in [0.29, 0.717) is 22.6 Å². The molecular weight excluding hydrogens is 278 g/mol. The first-order valence-electron chi connectivity index (χ1n) is 6.11. The number of benzene rings is 1. The summed E-state index contributed by atoms with van der Waals surface area (Å²) in [5, 5.41) is 0. The Morgan fingerprint density at radius 1 is 1.25 bits per heavy atom. The molecule has 0 spiro atoms. The van der Waals surface area contributed by atoms with Gasteiger partial charge in [0.15, 0.2) is 0 Å². The SMILES string of the molecule is COc1cc(C)c(S(=O)(=O)NCc2ccco2)c(C)c1. The summed E-state index contributed by atoms with van der Waals surface area (Å²) >= 11 is 0. The number of hydrogen-bond acceptors (Lipinski definition) is 4. The third kappa shape index (κ3) is 3.02. The van der Waals surface area contributed by atoms with E-state index in [1.807, 2.05) is 0 Å². The summed E-state index contributed by atoms with van der Waals surface area (Å²) in [7, 11) is -2.04. The summed E-state index contributed by atoms with van der Waals surface area (Å²) in [6.45, 7) is 3.62. The number of nitrogens with one attached hydrogen (secondary N) is 1. The molecule has 0 radical (unpaired) electrons. The van der Waals surface area contributed by atoms with Crippen LogP contribution in [0.2, 0.25) is 0 Å². The highest BCUT2D eigenvalue weighted by atomic mass is 32.2. The molecule has 2 rings (SSSR count). The zero-order chi connectivity index (χ0) is 14.8. The predicted octanol–water partition coefficient (Wildman–Crippen LogP) is 2.38. The van der Waals surface area contributed by atoms with Gasteiger partial charge in [-0.15, -0.1) is 0 Å². The molecular formula is C14H17NO4S. The van der Waals surface area contributed by atoms with Crippen molar-refractivity contribution < 1.29 is 17.6 Å². The van der Waals surface area contributed by atoms with Crippen molar-refractivity contribution in [3.05, 3.63) is 47.4 Å². The summed E-state index contributed by atoms with van der Waals surface area (Å²) in [4.78, 5) is 0.282. The van der Waals surface area contributed by atoms with Gasteiger partial charge < -0.3 is 9.15 Å². The summed E-state index contributed by atoms with van der Waals surface area (Å²) in [6.07, 6.45) is 1.51. The molecule has 108 valence electrons. The molecule has 0 saturated heterocycles. The van der Waals surface area contributed by atoms with Gasteiger partial charge in [-0.1, -0.05) is 0 Å². The number of aryl methyl sites for hydroxylation is 2. The van der Waals surface area contributed by atoms with Crippen LogP contribution in [0.15, 0.2) is 39.8 Å². The van der Waals surface area contributed by atoms with E-state index in [2.05, 4.69) is 4.72 Å². The Hall–Kier alpha value is -1.79. The Labute approximate surface area is 118 Å². The van der Waals surface area contributed by atoms with Crippen LogP contribution >= 0.6 is 0 Å². The van der Waals surface area contributed by atoms with Crippen LogP contribution in [0.4, 0.5) is 0 Å². The van der Waals surface area contributed by atoms with Gasteiger partial charge in [0.25, 0.3) is 0 Å². The van der Waals surface area contributed by atoms with E-state index in [0.717, 1.165) is 0 Å². The molecule has 0 bridgehead atoms. The molecule has 0 atom stereocenters. The topological polar surface area (TPSA) is 68.5 Å². The number of furan rings is 1. The predicted molar refractivity (Wildman–Crippen MR) is 75.2 cm³/mol. The molecule has 20 heavy (non-hydrogen) atoms. The van der Waals surface area contributed by atoms with Gasteiger partial charge in [0.05, 0.1) is 24.8 Å². The average molecular weight is 295 g/mol. The molecule has 0 aliphatic carbocycles. The molecule has 0 saturated carbocycles. The minimum absolute atomic E-state index is 0.125. The highest BCUT2D eigenvalue weighted by molar-refractivity contribution is 7.89. The third-order valence-electron chi connectivity index (χ3n) is 2.95. The zero-order valence-corrected chi connectivity index (χ0v) is 12.5. The number of sulfonamides is 1. The van der Waals surface area contributed by atoms with Crippen LogP contribution in [0, 0.1) is 13.8 Å². The molecule has 1 heterocycles. The van der Waals surface area contributed by atoms with Crippen LogP contribution < -0.4 is 9.46 Å². The Kier molecular flexibility index (Phi) is 4.15. The van der Waals surface area contributed by atoms with E-state index in [-0.39, 0.29) is 11.4 Å². The van der Waals surface area contributed by atoms with E-state index >= 15 is 0 Å². The summed E-state index contributed by atoms with van der Waals surface area (Å²) in [5.74, 6) is 1.21. The van der Waals surface area contributed by atoms with Crippen LogP contribution in [-0.4, -0.2) is 15.5 Å². The minimum atomic E-state index is -3.59. The van der Waals surface area contributed by atoms with Crippen LogP contribution in [-0.2, 0) is 16.6 Å². The quantitative estimate of drug-likeness (QED) is 0.919. The lowest BCUT2D eigenvalue weighted by Crippen LogP contribution is -2.24. The van der Waals surface area contributed by atoms with Crippen molar-refractivity contribution in [3.63, 3.8) is 0 Å². The summed E-state index contributed by atoms with van der Waals surface area (Å²) in [5.41, 5.74) is 1.29. The van der Waals surface area contributed by atoms with Gasteiger partial charge in [-0.25, -0.2) is 13.1 Å². The molecule has 1 N–H and O–H groups in total. The van der Waals surface area contributed by atoms with Gasteiger partial charge in [-0.05, 0) is 49.2 Å². The van der Waals surface area contributed by atoms with Gasteiger partial charge >= 0.3 is 0 Å². The van der Waals surface area contributed by atoms with Crippen LogP contribution in [0.25, 0.3) is 0 Å². The maximum Gasteiger partial charge on any atom is 0.241 e. The van der Waals surface area contributed by atoms with Gasteiger partial charge in [-0.2, -0.15) is 0 Å². The first-order valence-corrected chi connectivity index (χ1v) is 7.59. The lowest BCUT2D eigenvalue weighted by Gasteiger charge is -2.13. The fourth-order valence-corrected chi connectivity index (χ4v) is 3.55. The van der Waals surface area contributed by atoms with Crippen LogP contribution in [0.3, 0.4) is 0 Å². The van der Waals surface area contributed by atoms with Crippen molar-refractivity contribution in [2.24, 2.45) is 0 Å². The Balaban J connectivity index is 2.29. The summed E-state index contributed by atoms with van der Waals surface area (Å²) in [6, 6.07) is 6.84. The second-order valence-electron chi connectivity index (χ2n) is 4.49. The molecule has 0 fully saturated rings. The minimum Gasteiger partial charge on any atom is -0.497 e. The molecule has 0 aliphatic heterocycles. The monoisotopic (exact) mass is 295 g/mol. The normalized spacial score (nSPS) is 11.6. The van der Waals surface area contributed by atoms with Gasteiger partial charge in [0.1, 0.15) is 11.5 Å². The number of rotatable bonds is 5. The van der Waals surface area contributed by atoms with Crippen molar-refractivity contribution in [2.75, 3.05) is 7.11 Å². The highest BCUT2D eigenvalue weighted by Gasteiger charge is 2.20. The molecule has 1 aromatic heterocycles. The van der Waals surface area contributed by atoms with Crippen LogP contribution in [0.5, 0.6) is 5.75 Å².